The lowest BCUT2D eigenvalue weighted by atomic mass is 10.0. The average Bonchev–Trinajstić information content (AvgIpc) is 2.56. The Morgan fingerprint density at radius 1 is 1.04 bits per heavy atom. The standard InChI is InChI=1S/C19H36N2O3/c1-2-3-4-5-6-7-8-9-10-11-12-13-18(22)24-16-14-17(20)19(23)21-15-16/h16-17H,2-15,20H2,1H3,(H,21,23)/t16-,17-/m1/s1. The van der Waals surface area contributed by atoms with Crippen LogP contribution in [0.15, 0.2) is 0 Å². The molecular weight excluding hydrogens is 304 g/mol. The number of hydrogen-bond acceptors (Lipinski definition) is 4. The van der Waals surface area contributed by atoms with Crippen LogP contribution in [0.3, 0.4) is 0 Å². The fraction of sp³-hybridized carbons (Fsp3) is 0.895. The molecule has 0 aromatic heterocycles. The maximum Gasteiger partial charge on any atom is 0.306 e. The Hall–Kier alpha value is -1.10. The number of carbonyl (C=O) groups excluding carboxylic acids is 2. The summed E-state index contributed by atoms with van der Waals surface area (Å²) in [6, 6.07) is -0.557. The normalized spacial score (nSPS) is 20.7. The van der Waals surface area contributed by atoms with Gasteiger partial charge in [-0.1, -0.05) is 71.1 Å². The molecule has 3 N–H and O–H groups in total. The van der Waals surface area contributed by atoms with Crippen molar-refractivity contribution in [2.24, 2.45) is 5.73 Å². The van der Waals surface area contributed by atoms with Gasteiger partial charge in [0.15, 0.2) is 0 Å². The Balaban J connectivity index is 1.88. The minimum Gasteiger partial charge on any atom is -0.460 e. The molecule has 0 bridgehead atoms. The molecule has 1 aliphatic rings. The fourth-order valence-corrected chi connectivity index (χ4v) is 3.09. The van der Waals surface area contributed by atoms with E-state index >= 15 is 0 Å². The number of rotatable bonds is 13. The van der Waals surface area contributed by atoms with Gasteiger partial charge in [0.2, 0.25) is 5.91 Å². The van der Waals surface area contributed by atoms with Crippen LogP contribution in [-0.4, -0.2) is 30.6 Å². The molecule has 1 heterocycles. The van der Waals surface area contributed by atoms with Crippen LogP contribution in [0, 0.1) is 0 Å². The molecule has 24 heavy (non-hydrogen) atoms. The molecular formula is C19H36N2O3. The zero-order valence-electron chi connectivity index (χ0n) is 15.4. The van der Waals surface area contributed by atoms with Gasteiger partial charge >= 0.3 is 5.97 Å². The van der Waals surface area contributed by atoms with Crippen molar-refractivity contribution in [1.82, 2.24) is 5.32 Å². The zero-order chi connectivity index (χ0) is 17.6. The number of piperidine rings is 1. The Labute approximate surface area is 147 Å². The first-order valence-corrected chi connectivity index (χ1v) is 9.86. The van der Waals surface area contributed by atoms with Crippen molar-refractivity contribution in [1.29, 1.82) is 0 Å². The highest BCUT2D eigenvalue weighted by Crippen LogP contribution is 2.13. The molecule has 1 rings (SSSR count). The van der Waals surface area contributed by atoms with Crippen LogP contribution < -0.4 is 11.1 Å². The number of carbonyl (C=O) groups is 2. The molecule has 0 saturated carbocycles. The summed E-state index contributed by atoms with van der Waals surface area (Å²) in [5.41, 5.74) is 5.65. The van der Waals surface area contributed by atoms with E-state index in [-0.39, 0.29) is 18.0 Å². The maximum absolute atomic E-state index is 11.8. The summed E-state index contributed by atoms with van der Waals surface area (Å²) < 4.78 is 5.37. The van der Waals surface area contributed by atoms with Crippen LogP contribution in [0.4, 0.5) is 0 Å². The quantitative estimate of drug-likeness (QED) is 0.397. The van der Waals surface area contributed by atoms with Crippen LogP contribution in [0.2, 0.25) is 0 Å². The van der Waals surface area contributed by atoms with Gasteiger partial charge in [0, 0.05) is 12.8 Å². The third-order valence-corrected chi connectivity index (χ3v) is 4.64. The monoisotopic (exact) mass is 340 g/mol. The number of ether oxygens (including phenoxy) is 1. The Morgan fingerprint density at radius 3 is 2.12 bits per heavy atom. The van der Waals surface area contributed by atoms with Crippen molar-refractivity contribution < 1.29 is 14.3 Å². The molecule has 0 aliphatic carbocycles. The summed E-state index contributed by atoms with van der Waals surface area (Å²) in [4.78, 5) is 23.0. The number of nitrogens with one attached hydrogen (secondary N) is 1. The average molecular weight is 341 g/mol. The summed E-state index contributed by atoms with van der Waals surface area (Å²) in [5, 5.41) is 2.66. The van der Waals surface area contributed by atoms with E-state index in [0.29, 0.717) is 19.4 Å². The van der Waals surface area contributed by atoms with Gasteiger partial charge in [-0.15, -0.1) is 0 Å². The molecule has 5 nitrogen and oxygen atoms in total. The van der Waals surface area contributed by atoms with E-state index in [9.17, 15) is 9.59 Å². The second kappa shape index (κ2) is 13.2. The fourth-order valence-electron chi connectivity index (χ4n) is 3.09. The number of nitrogens with two attached hydrogens (primary N) is 1. The van der Waals surface area contributed by atoms with Crippen molar-refractivity contribution in [3.63, 3.8) is 0 Å². The molecule has 1 saturated heterocycles. The number of hydrogen-bond donors (Lipinski definition) is 2. The minimum absolute atomic E-state index is 0.160. The van der Waals surface area contributed by atoms with Crippen molar-refractivity contribution in [2.75, 3.05) is 6.54 Å². The lowest BCUT2D eigenvalue weighted by Gasteiger charge is -2.26. The van der Waals surface area contributed by atoms with Gasteiger partial charge in [0.25, 0.3) is 0 Å². The highest BCUT2D eigenvalue weighted by molar-refractivity contribution is 5.82. The van der Waals surface area contributed by atoms with Gasteiger partial charge in [-0.3, -0.25) is 9.59 Å². The summed E-state index contributed by atoms with van der Waals surface area (Å²) in [6.45, 7) is 2.63. The number of esters is 1. The van der Waals surface area contributed by atoms with Gasteiger partial charge in [-0.2, -0.15) is 0 Å². The SMILES string of the molecule is CCCCCCCCCCCCCC(=O)O[C@H]1CNC(=O)[C@H](N)C1. The highest BCUT2D eigenvalue weighted by Gasteiger charge is 2.27. The lowest BCUT2D eigenvalue weighted by molar-refractivity contribution is -0.152. The van der Waals surface area contributed by atoms with E-state index < -0.39 is 6.04 Å². The molecule has 0 spiro atoms. The van der Waals surface area contributed by atoms with E-state index in [1.807, 2.05) is 0 Å². The summed E-state index contributed by atoms with van der Waals surface area (Å²) in [6.07, 6.45) is 14.6. The highest BCUT2D eigenvalue weighted by atomic mass is 16.5. The molecule has 5 heteroatoms. The number of unbranched alkanes of at least 4 members (excludes halogenated alkanes) is 10. The van der Waals surface area contributed by atoms with E-state index in [4.69, 9.17) is 10.5 Å². The van der Waals surface area contributed by atoms with Crippen LogP contribution in [0.25, 0.3) is 0 Å². The second-order valence-corrected chi connectivity index (χ2v) is 6.98. The van der Waals surface area contributed by atoms with E-state index in [1.54, 1.807) is 0 Å². The molecule has 1 aliphatic heterocycles. The topological polar surface area (TPSA) is 81.4 Å². The third kappa shape index (κ3) is 9.91. The van der Waals surface area contributed by atoms with E-state index in [2.05, 4.69) is 12.2 Å². The van der Waals surface area contributed by atoms with Gasteiger partial charge in [-0.05, 0) is 6.42 Å². The van der Waals surface area contributed by atoms with E-state index in [1.165, 1.54) is 57.8 Å². The molecule has 0 unspecified atom stereocenters. The molecule has 1 amide bonds. The first kappa shape index (κ1) is 20.9. The van der Waals surface area contributed by atoms with Crippen LogP contribution >= 0.6 is 0 Å². The first-order chi connectivity index (χ1) is 11.6. The van der Waals surface area contributed by atoms with Crippen molar-refractivity contribution in [3.05, 3.63) is 0 Å². The van der Waals surface area contributed by atoms with Gasteiger partial charge in [0.05, 0.1) is 12.6 Å². The third-order valence-electron chi connectivity index (χ3n) is 4.64. The maximum atomic E-state index is 11.8. The molecule has 1 fully saturated rings. The zero-order valence-corrected chi connectivity index (χ0v) is 15.4. The molecule has 2 atom stereocenters. The van der Waals surface area contributed by atoms with Gasteiger partial charge in [0.1, 0.15) is 6.10 Å². The summed E-state index contributed by atoms with van der Waals surface area (Å²) in [5.74, 6) is -0.327. The van der Waals surface area contributed by atoms with Crippen LogP contribution in [0.5, 0.6) is 0 Å². The Kier molecular flexibility index (Phi) is 11.5. The van der Waals surface area contributed by atoms with Crippen molar-refractivity contribution >= 4 is 11.9 Å². The molecule has 0 radical (unpaired) electrons. The van der Waals surface area contributed by atoms with Gasteiger partial charge in [-0.25, -0.2) is 0 Å². The summed E-state index contributed by atoms with van der Waals surface area (Å²) in [7, 11) is 0. The van der Waals surface area contributed by atoms with Crippen molar-refractivity contribution in [3.8, 4) is 0 Å². The predicted octanol–water partition coefficient (Wildman–Crippen LogP) is 3.45. The van der Waals surface area contributed by atoms with Crippen LogP contribution in [-0.2, 0) is 14.3 Å². The summed E-state index contributed by atoms with van der Waals surface area (Å²) >= 11 is 0. The van der Waals surface area contributed by atoms with Crippen LogP contribution in [0.1, 0.15) is 90.4 Å². The predicted molar refractivity (Wildman–Crippen MR) is 96.6 cm³/mol. The first-order valence-electron chi connectivity index (χ1n) is 9.86. The molecule has 0 aromatic carbocycles. The number of amides is 1. The van der Waals surface area contributed by atoms with E-state index in [0.717, 1.165) is 12.8 Å². The smallest absolute Gasteiger partial charge is 0.306 e. The lowest BCUT2D eigenvalue weighted by Crippen LogP contribution is -2.52. The molecule has 0 aromatic rings. The Bertz CT molecular complexity index is 361. The van der Waals surface area contributed by atoms with Gasteiger partial charge < -0.3 is 15.8 Å². The van der Waals surface area contributed by atoms with Crippen molar-refractivity contribution in [2.45, 2.75) is 103 Å². The minimum atomic E-state index is -0.557. The second-order valence-electron chi connectivity index (χ2n) is 6.98. The largest absolute Gasteiger partial charge is 0.460 e. The Morgan fingerprint density at radius 2 is 1.58 bits per heavy atom. The molecule has 140 valence electrons.